The summed E-state index contributed by atoms with van der Waals surface area (Å²) >= 11 is 0. The number of ketones is 1. The molecule has 1 saturated heterocycles. The number of nitrogens with two attached hydrogens (primary N) is 1. The average Bonchev–Trinajstić information content (AvgIpc) is 2.66. The van der Waals surface area contributed by atoms with Crippen LogP contribution in [0.3, 0.4) is 0 Å². The van der Waals surface area contributed by atoms with Crippen LogP contribution in [0.5, 0.6) is 0 Å². The van der Waals surface area contributed by atoms with Gasteiger partial charge in [-0.3, -0.25) is 4.79 Å². The van der Waals surface area contributed by atoms with Crippen LogP contribution in [-0.4, -0.2) is 24.5 Å². The maximum Gasteiger partial charge on any atom is 0.190 e. The summed E-state index contributed by atoms with van der Waals surface area (Å²) in [6.45, 7) is 0.331. The summed E-state index contributed by atoms with van der Waals surface area (Å²) in [4.78, 5) is 11.9. The molecule has 0 amide bonds. The van der Waals surface area contributed by atoms with Gasteiger partial charge < -0.3 is 10.5 Å². The van der Waals surface area contributed by atoms with E-state index in [-0.39, 0.29) is 13.0 Å². The quantitative estimate of drug-likeness (QED) is 0.774. The highest BCUT2D eigenvalue weighted by Crippen LogP contribution is 2.24. The summed E-state index contributed by atoms with van der Waals surface area (Å²) in [5.41, 5.74) is 3.89. The molecule has 1 aliphatic heterocycles. The molecule has 1 fully saturated rings. The highest BCUT2D eigenvalue weighted by atomic mass is 19.1. The molecule has 1 aromatic carbocycles. The molecule has 1 aliphatic rings. The number of carbonyl (C=O) groups excluding carboxylic acids is 1. The van der Waals surface area contributed by atoms with Crippen molar-refractivity contribution in [3.63, 3.8) is 0 Å². The van der Waals surface area contributed by atoms with Gasteiger partial charge >= 0.3 is 0 Å². The van der Waals surface area contributed by atoms with E-state index in [2.05, 4.69) is 0 Å². The number of hydrogen-bond donors (Lipinski definition) is 1. The number of Topliss-reactive ketones (excluding diaryl/α,β-unsaturated/α-hetero) is 1. The van der Waals surface area contributed by atoms with Gasteiger partial charge in [0.1, 0.15) is 17.2 Å². The van der Waals surface area contributed by atoms with Crippen LogP contribution in [0.1, 0.15) is 16.8 Å². The molecule has 2 rings (SSSR count). The highest BCUT2D eigenvalue weighted by molar-refractivity contribution is 6.03. The molecule has 1 unspecified atom stereocenters. The van der Waals surface area contributed by atoms with Gasteiger partial charge in [0.2, 0.25) is 0 Å². The fourth-order valence-corrected chi connectivity index (χ4v) is 1.72. The Balaban J connectivity index is 2.41. The van der Waals surface area contributed by atoms with E-state index >= 15 is 0 Å². The summed E-state index contributed by atoms with van der Waals surface area (Å²) < 4.78 is 31.7. The standard InChI is InChI=1S/C11H11F2NO2/c12-7-2-1-3-8(13)9(7)10(15)11(14)4-5-16-6-11/h1-3H,4-6,14H2. The molecule has 1 aromatic rings. The lowest BCUT2D eigenvalue weighted by atomic mass is 9.89. The van der Waals surface area contributed by atoms with Crippen molar-refractivity contribution in [2.24, 2.45) is 5.73 Å². The molecule has 1 atom stereocenters. The lowest BCUT2D eigenvalue weighted by molar-refractivity contribution is 0.0854. The minimum atomic E-state index is -1.30. The molecule has 0 spiro atoms. The molecule has 0 aromatic heterocycles. The van der Waals surface area contributed by atoms with E-state index in [0.717, 1.165) is 12.1 Å². The molecular formula is C11H11F2NO2. The summed E-state index contributed by atoms with van der Waals surface area (Å²) in [6, 6.07) is 3.28. The van der Waals surface area contributed by atoms with Gasteiger partial charge in [-0.1, -0.05) is 6.07 Å². The average molecular weight is 227 g/mol. The largest absolute Gasteiger partial charge is 0.379 e. The Hall–Kier alpha value is -1.33. The number of ether oxygens (including phenoxy) is 1. The van der Waals surface area contributed by atoms with E-state index < -0.39 is 28.5 Å². The maximum absolute atomic E-state index is 13.4. The van der Waals surface area contributed by atoms with Crippen LogP contribution < -0.4 is 5.73 Å². The van der Waals surface area contributed by atoms with Crippen LogP contribution in [-0.2, 0) is 4.74 Å². The molecule has 1 heterocycles. The summed E-state index contributed by atoms with van der Waals surface area (Å²) in [7, 11) is 0. The maximum atomic E-state index is 13.4. The Morgan fingerprint density at radius 3 is 2.50 bits per heavy atom. The lowest BCUT2D eigenvalue weighted by Crippen LogP contribution is -2.49. The van der Waals surface area contributed by atoms with Crippen LogP contribution >= 0.6 is 0 Å². The van der Waals surface area contributed by atoms with Gasteiger partial charge in [-0.2, -0.15) is 0 Å². The van der Waals surface area contributed by atoms with Crippen molar-refractivity contribution < 1.29 is 18.3 Å². The second-order valence-corrected chi connectivity index (χ2v) is 3.88. The molecule has 3 nitrogen and oxygen atoms in total. The zero-order valence-electron chi connectivity index (χ0n) is 8.50. The molecule has 0 aliphatic carbocycles. The van der Waals surface area contributed by atoms with Gasteiger partial charge in [0.15, 0.2) is 5.78 Å². The van der Waals surface area contributed by atoms with E-state index in [9.17, 15) is 13.6 Å². The SMILES string of the molecule is NC1(C(=O)c2c(F)cccc2F)CCOC1. The van der Waals surface area contributed by atoms with Crippen molar-refractivity contribution in [3.8, 4) is 0 Å². The highest BCUT2D eigenvalue weighted by Gasteiger charge is 2.40. The number of carbonyl (C=O) groups is 1. The Morgan fingerprint density at radius 2 is 2.00 bits per heavy atom. The molecule has 0 bridgehead atoms. The molecule has 2 N–H and O–H groups in total. The fraction of sp³-hybridized carbons (Fsp3) is 0.364. The topological polar surface area (TPSA) is 52.3 Å². The van der Waals surface area contributed by atoms with E-state index in [4.69, 9.17) is 10.5 Å². The van der Waals surface area contributed by atoms with Gasteiger partial charge in [-0.25, -0.2) is 8.78 Å². The van der Waals surface area contributed by atoms with Crippen molar-refractivity contribution in [2.75, 3.05) is 13.2 Å². The third kappa shape index (κ3) is 1.72. The number of rotatable bonds is 2. The molecule has 5 heteroatoms. The van der Waals surface area contributed by atoms with Gasteiger partial charge in [0.05, 0.1) is 12.2 Å². The van der Waals surface area contributed by atoms with Gasteiger partial charge in [0.25, 0.3) is 0 Å². The first-order valence-corrected chi connectivity index (χ1v) is 4.90. The second-order valence-electron chi connectivity index (χ2n) is 3.88. The van der Waals surface area contributed by atoms with Gasteiger partial charge in [-0.15, -0.1) is 0 Å². The molecule has 16 heavy (non-hydrogen) atoms. The first-order valence-electron chi connectivity index (χ1n) is 4.90. The zero-order chi connectivity index (χ0) is 11.8. The first-order chi connectivity index (χ1) is 7.54. The fourth-order valence-electron chi connectivity index (χ4n) is 1.72. The molecule has 0 saturated carbocycles. The molecule has 0 radical (unpaired) electrons. The normalized spacial score (nSPS) is 24.7. The monoisotopic (exact) mass is 227 g/mol. The minimum absolute atomic E-state index is 0.000389. The van der Waals surface area contributed by atoms with Gasteiger partial charge in [0, 0.05) is 6.61 Å². The predicted octanol–water partition coefficient (Wildman–Crippen LogP) is 1.27. The Morgan fingerprint density at radius 1 is 1.38 bits per heavy atom. The summed E-state index contributed by atoms with van der Waals surface area (Å²) in [5, 5.41) is 0. The number of hydrogen-bond acceptors (Lipinski definition) is 3. The molecular weight excluding hydrogens is 216 g/mol. The smallest absolute Gasteiger partial charge is 0.190 e. The molecule has 86 valence electrons. The minimum Gasteiger partial charge on any atom is -0.379 e. The van der Waals surface area contributed by atoms with Crippen molar-refractivity contribution in [1.82, 2.24) is 0 Å². The predicted molar refractivity (Wildman–Crippen MR) is 53.0 cm³/mol. The van der Waals surface area contributed by atoms with Crippen molar-refractivity contribution in [2.45, 2.75) is 12.0 Å². The van der Waals surface area contributed by atoms with Crippen molar-refractivity contribution in [1.29, 1.82) is 0 Å². The Kier molecular flexibility index (Phi) is 2.73. The van der Waals surface area contributed by atoms with Crippen LogP contribution in [0.15, 0.2) is 18.2 Å². The number of halogens is 2. The number of benzene rings is 1. The lowest BCUT2D eigenvalue weighted by Gasteiger charge is -2.20. The van der Waals surface area contributed by atoms with Crippen LogP contribution in [0.2, 0.25) is 0 Å². The van der Waals surface area contributed by atoms with E-state index in [1.54, 1.807) is 0 Å². The van der Waals surface area contributed by atoms with E-state index in [0.29, 0.717) is 6.61 Å². The Labute approximate surface area is 91.2 Å². The van der Waals surface area contributed by atoms with Crippen LogP contribution in [0, 0.1) is 11.6 Å². The summed E-state index contributed by atoms with van der Waals surface area (Å²) in [5.74, 6) is -2.51. The van der Waals surface area contributed by atoms with Crippen molar-refractivity contribution >= 4 is 5.78 Å². The third-order valence-corrected chi connectivity index (χ3v) is 2.69. The van der Waals surface area contributed by atoms with Gasteiger partial charge in [-0.05, 0) is 18.6 Å². The Bertz CT molecular complexity index is 408. The van der Waals surface area contributed by atoms with E-state index in [1.807, 2.05) is 0 Å². The van der Waals surface area contributed by atoms with E-state index in [1.165, 1.54) is 6.07 Å². The van der Waals surface area contributed by atoms with Crippen LogP contribution in [0.4, 0.5) is 8.78 Å². The van der Waals surface area contributed by atoms with Crippen molar-refractivity contribution in [3.05, 3.63) is 35.4 Å². The first kappa shape index (κ1) is 11.2. The second kappa shape index (κ2) is 3.92. The van der Waals surface area contributed by atoms with Crippen LogP contribution in [0.25, 0.3) is 0 Å². The summed E-state index contributed by atoms with van der Waals surface area (Å²) in [6.07, 6.45) is 0.277. The zero-order valence-corrected chi connectivity index (χ0v) is 8.50. The third-order valence-electron chi connectivity index (χ3n) is 2.69.